The van der Waals surface area contributed by atoms with Crippen molar-refractivity contribution in [2.75, 3.05) is 19.3 Å². The van der Waals surface area contributed by atoms with E-state index in [2.05, 4.69) is 12.2 Å². The van der Waals surface area contributed by atoms with Gasteiger partial charge in [0.1, 0.15) is 12.0 Å². The molecular weight excluding hydrogens is 251 g/mol. The third-order valence-corrected chi connectivity index (χ3v) is 4.09. The number of hydrogen-bond donors (Lipinski definition) is 1. The summed E-state index contributed by atoms with van der Waals surface area (Å²) in [6.45, 7) is 2.97. The molecule has 1 N–H and O–H groups in total. The normalized spacial score (nSPS) is 21.4. The van der Waals surface area contributed by atoms with E-state index in [-0.39, 0.29) is 24.4 Å². The van der Waals surface area contributed by atoms with Crippen LogP contribution in [0.3, 0.4) is 0 Å². The van der Waals surface area contributed by atoms with Crippen LogP contribution in [0, 0.1) is 5.82 Å². The highest BCUT2D eigenvalue weighted by molar-refractivity contribution is 7.99. The van der Waals surface area contributed by atoms with Crippen molar-refractivity contribution in [1.82, 2.24) is 10.2 Å². The highest BCUT2D eigenvalue weighted by atomic mass is 32.2. The zero-order chi connectivity index (χ0) is 13.1. The van der Waals surface area contributed by atoms with Crippen LogP contribution in [0.25, 0.3) is 0 Å². The molecule has 0 spiro atoms. The lowest BCUT2D eigenvalue weighted by molar-refractivity contribution is -0.128. The summed E-state index contributed by atoms with van der Waals surface area (Å²) in [5.41, 5.74) is 0.539. The number of amides is 1. The first-order chi connectivity index (χ1) is 8.63. The number of nitrogens with one attached hydrogen (secondary N) is 1. The van der Waals surface area contributed by atoms with Crippen LogP contribution in [0.4, 0.5) is 4.39 Å². The molecular formula is C13H17FN2OS. The molecule has 1 aromatic carbocycles. The molecule has 0 bridgehead atoms. The molecule has 2 rings (SSSR count). The molecule has 5 heteroatoms. The lowest BCUT2D eigenvalue weighted by Crippen LogP contribution is -2.35. The average Bonchev–Trinajstić information content (AvgIpc) is 2.72. The summed E-state index contributed by atoms with van der Waals surface area (Å²) in [5, 5.41) is 3.41. The van der Waals surface area contributed by atoms with Gasteiger partial charge in [-0.2, -0.15) is 11.8 Å². The maximum absolute atomic E-state index is 13.8. The van der Waals surface area contributed by atoms with Gasteiger partial charge in [-0.1, -0.05) is 25.1 Å². The van der Waals surface area contributed by atoms with Crippen LogP contribution < -0.4 is 5.32 Å². The molecule has 0 radical (unpaired) electrons. The van der Waals surface area contributed by atoms with Crippen LogP contribution in [0.15, 0.2) is 24.3 Å². The van der Waals surface area contributed by atoms with Crippen molar-refractivity contribution in [1.29, 1.82) is 0 Å². The molecule has 0 saturated carbocycles. The molecule has 1 fully saturated rings. The maximum atomic E-state index is 13.8. The predicted molar refractivity (Wildman–Crippen MR) is 71.8 cm³/mol. The standard InChI is InChI=1S/C13H17FN2OS/c1-9(18-2)8-16-12(17)7-15-13(16)10-5-3-4-6-11(10)14/h3-6,9,13,15H,7-8H2,1-2H3. The van der Waals surface area contributed by atoms with E-state index in [0.29, 0.717) is 17.4 Å². The topological polar surface area (TPSA) is 32.3 Å². The Hall–Kier alpha value is -1.07. The fourth-order valence-corrected chi connectivity index (χ4v) is 2.38. The van der Waals surface area contributed by atoms with Crippen LogP contribution in [0.1, 0.15) is 18.7 Å². The molecule has 1 amide bonds. The summed E-state index contributed by atoms with van der Waals surface area (Å²) in [7, 11) is 0. The monoisotopic (exact) mass is 268 g/mol. The summed E-state index contributed by atoms with van der Waals surface area (Å²) >= 11 is 1.70. The fraction of sp³-hybridized carbons (Fsp3) is 0.462. The van der Waals surface area contributed by atoms with E-state index in [1.165, 1.54) is 6.07 Å². The van der Waals surface area contributed by atoms with Crippen molar-refractivity contribution in [3.05, 3.63) is 35.6 Å². The van der Waals surface area contributed by atoms with E-state index in [0.717, 1.165) is 0 Å². The van der Waals surface area contributed by atoms with E-state index in [1.807, 2.05) is 6.26 Å². The summed E-state index contributed by atoms with van der Waals surface area (Å²) < 4.78 is 13.8. The lowest BCUT2D eigenvalue weighted by Gasteiger charge is -2.27. The summed E-state index contributed by atoms with van der Waals surface area (Å²) in [6, 6.07) is 6.60. The van der Waals surface area contributed by atoms with Gasteiger partial charge in [-0.15, -0.1) is 0 Å². The Kier molecular flexibility index (Phi) is 4.24. The predicted octanol–water partition coefficient (Wildman–Crippen LogP) is 2.01. The smallest absolute Gasteiger partial charge is 0.238 e. The Bertz CT molecular complexity index is 441. The minimum atomic E-state index is -0.340. The van der Waals surface area contributed by atoms with E-state index in [4.69, 9.17) is 0 Å². The van der Waals surface area contributed by atoms with Gasteiger partial charge in [0, 0.05) is 17.4 Å². The highest BCUT2D eigenvalue weighted by Crippen LogP contribution is 2.26. The van der Waals surface area contributed by atoms with Crippen LogP contribution in [-0.2, 0) is 4.79 Å². The highest BCUT2D eigenvalue weighted by Gasteiger charge is 2.33. The molecule has 98 valence electrons. The van der Waals surface area contributed by atoms with Gasteiger partial charge in [-0.05, 0) is 12.3 Å². The van der Waals surface area contributed by atoms with Gasteiger partial charge in [0.15, 0.2) is 0 Å². The number of carbonyl (C=O) groups is 1. The van der Waals surface area contributed by atoms with Crippen LogP contribution in [0.2, 0.25) is 0 Å². The molecule has 1 aromatic rings. The van der Waals surface area contributed by atoms with Crippen molar-refractivity contribution < 1.29 is 9.18 Å². The summed E-state index contributed by atoms with van der Waals surface area (Å²) in [4.78, 5) is 13.6. The molecule has 0 aliphatic carbocycles. The van der Waals surface area contributed by atoms with Gasteiger partial charge in [-0.3, -0.25) is 10.1 Å². The zero-order valence-corrected chi connectivity index (χ0v) is 11.3. The minimum Gasteiger partial charge on any atom is -0.321 e. The molecule has 18 heavy (non-hydrogen) atoms. The number of carbonyl (C=O) groups excluding carboxylic acids is 1. The van der Waals surface area contributed by atoms with Crippen molar-refractivity contribution in [3.8, 4) is 0 Å². The lowest BCUT2D eigenvalue weighted by atomic mass is 10.1. The van der Waals surface area contributed by atoms with Crippen molar-refractivity contribution in [2.45, 2.75) is 18.3 Å². The molecule has 1 saturated heterocycles. The largest absolute Gasteiger partial charge is 0.321 e. The number of benzene rings is 1. The first kappa shape index (κ1) is 13.4. The maximum Gasteiger partial charge on any atom is 0.238 e. The first-order valence-corrected chi connectivity index (χ1v) is 7.22. The molecule has 1 aliphatic rings. The number of halogens is 1. The number of rotatable bonds is 4. The van der Waals surface area contributed by atoms with Crippen LogP contribution in [0.5, 0.6) is 0 Å². The molecule has 1 heterocycles. The van der Waals surface area contributed by atoms with Gasteiger partial charge in [0.25, 0.3) is 0 Å². The second-order valence-corrected chi connectivity index (χ2v) is 5.67. The van der Waals surface area contributed by atoms with Gasteiger partial charge in [0.2, 0.25) is 5.91 Å². The van der Waals surface area contributed by atoms with Gasteiger partial charge < -0.3 is 4.90 Å². The second kappa shape index (κ2) is 5.71. The Balaban J connectivity index is 2.21. The average molecular weight is 268 g/mol. The van der Waals surface area contributed by atoms with Crippen molar-refractivity contribution in [3.63, 3.8) is 0 Å². The Labute approximate surface area is 111 Å². The van der Waals surface area contributed by atoms with Crippen molar-refractivity contribution >= 4 is 17.7 Å². The van der Waals surface area contributed by atoms with Gasteiger partial charge in [-0.25, -0.2) is 4.39 Å². The third kappa shape index (κ3) is 2.67. The second-order valence-electron chi connectivity index (χ2n) is 4.40. The fourth-order valence-electron chi connectivity index (χ4n) is 2.07. The molecule has 2 unspecified atom stereocenters. The Morgan fingerprint density at radius 2 is 2.28 bits per heavy atom. The summed E-state index contributed by atoms with van der Waals surface area (Å²) in [5.74, 6) is -0.240. The van der Waals surface area contributed by atoms with Gasteiger partial charge in [0.05, 0.1) is 6.54 Å². The molecule has 1 aliphatic heterocycles. The molecule has 2 atom stereocenters. The quantitative estimate of drug-likeness (QED) is 0.906. The molecule has 3 nitrogen and oxygen atoms in total. The SMILES string of the molecule is CSC(C)CN1C(=O)CNC1c1ccccc1F. The van der Waals surface area contributed by atoms with Gasteiger partial charge >= 0.3 is 0 Å². The Morgan fingerprint density at radius 3 is 2.94 bits per heavy atom. The summed E-state index contributed by atoms with van der Waals surface area (Å²) in [6.07, 6.45) is 1.67. The number of thioether (sulfide) groups is 1. The minimum absolute atomic E-state index is 0.0316. The first-order valence-electron chi connectivity index (χ1n) is 5.93. The van der Waals surface area contributed by atoms with E-state index >= 15 is 0 Å². The van der Waals surface area contributed by atoms with Crippen LogP contribution >= 0.6 is 11.8 Å². The van der Waals surface area contributed by atoms with Crippen molar-refractivity contribution in [2.24, 2.45) is 0 Å². The van der Waals surface area contributed by atoms with Crippen LogP contribution in [-0.4, -0.2) is 35.4 Å². The van der Waals surface area contributed by atoms with E-state index < -0.39 is 0 Å². The third-order valence-electron chi connectivity index (χ3n) is 3.13. The van der Waals surface area contributed by atoms with E-state index in [9.17, 15) is 9.18 Å². The zero-order valence-electron chi connectivity index (χ0n) is 10.5. The molecule has 0 aromatic heterocycles. The Morgan fingerprint density at radius 1 is 1.56 bits per heavy atom. The van der Waals surface area contributed by atoms with E-state index in [1.54, 1.807) is 34.9 Å². The number of hydrogen-bond acceptors (Lipinski definition) is 3. The number of nitrogens with zero attached hydrogens (tertiary/aromatic N) is 1.